The number of fused-ring (bicyclic) bond motifs is 1. The highest BCUT2D eigenvalue weighted by atomic mass is 19.1. The van der Waals surface area contributed by atoms with Gasteiger partial charge >= 0.3 is 0 Å². The van der Waals surface area contributed by atoms with Gasteiger partial charge in [-0.3, -0.25) is 4.90 Å². The number of aromatic nitrogens is 3. The van der Waals surface area contributed by atoms with Gasteiger partial charge < -0.3 is 9.84 Å². The predicted octanol–water partition coefficient (Wildman–Crippen LogP) is 4.64. The summed E-state index contributed by atoms with van der Waals surface area (Å²) in [6.07, 6.45) is 3.30. The van der Waals surface area contributed by atoms with Crippen LogP contribution in [-0.4, -0.2) is 39.2 Å². The average molecular weight is 421 g/mol. The van der Waals surface area contributed by atoms with Crippen molar-refractivity contribution in [3.05, 3.63) is 72.1 Å². The molecule has 4 aromatic rings. The van der Waals surface area contributed by atoms with Crippen molar-refractivity contribution in [3.8, 4) is 11.3 Å². The Hall–Kier alpha value is -3.39. The molecule has 5 rings (SSSR count). The van der Waals surface area contributed by atoms with E-state index in [1.54, 1.807) is 0 Å². The first-order chi connectivity index (χ1) is 15.2. The van der Waals surface area contributed by atoms with Crippen molar-refractivity contribution in [1.29, 1.82) is 0 Å². The summed E-state index contributed by atoms with van der Waals surface area (Å²) in [5, 5.41) is 8.00. The van der Waals surface area contributed by atoms with E-state index < -0.39 is 11.6 Å². The minimum Gasteiger partial charge on any atom is -0.366 e. The summed E-state index contributed by atoms with van der Waals surface area (Å²) in [5.74, 6) is -0.793. The molecule has 1 fully saturated rings. The number of halogens is 2. The van der Waals surface area contributed by atoms with Gasteiger partial charge in [-0.25, -0.2) is 13.8 Å². The number of anilines is 1. The van der Waals surface area contributed by atoms with Gasteiger partial charge in [0.1, 0.15) is 34.9 Å². The predicted molar refractivity (Wildman–Crippen MR) is 113 cm³/mol. The van der Waals surface area contributed by atoms with Crippen LogP contribution in [0, 0.1) is 11.6 Å². The van der Waals surface area contributed by atoms with Crippen LogP contribution < -0.4 is 5.32 Å². The van der Waals surface area contributed by atoms with Crippen molar-refractivity contribution >= 4 is 16.9 Å². The van der Waals surface area contributed by atoms with E-state index >= 15 is 0 Å². The lowest BCUT2D eigenvalue weighted by molar-refractivity contribution is 0.211. The Morgan fingerprint density at radius 2 is 1.74 bits per heavy atom. The summed E-state index contributed by atoms with van der Waals surface area (Å²) in [6, 6.07) is 13.9. The van der Waals surface area contributed by atoms with Crippen molar-refractivity contribution < 1.29 is 13.3 Å². The number of nitrogens with zero attached hydrogens (tertiary/aromatic N) is 4. The van der Waals surface area contributed by atoms with Crippen LogP contribution >= 0.6 is 0 Å². The second-order valence-electron chi connectivity index (χ2n) is 7.77. The molecule has 0 radical (unpaired) electrons. The van der Waals surface area contributed by atoms with Crippen LogP contribution in [0.25, 0.3) is 22.4 Å². The molecule has 2 aromatic heterocycles. The van der Waals surface area contributed by atoms with E-state index in [0.29, 0.717) is 16.9 Å². The van der Waals surface area contributed by atoms with Crippen molar-refractivity contribution in [2.24, 2.45) is 0 Å². The number of hydrogen-bond acceptors (Lipinski definition) is 6. The Balaban J connectivity index is 1.34. The molecule has 2 aromatic carbocycles. The Kier molecular flexibility index (Phi) is 5.30. The summed E-state index contributed by atoms with van der Waals surface area (Å²) in [7, 11) is 0. The molecule has 158 valence electrons. The van der Waals surface area contributed by atoms with Crippen LogP contribution in [0.1, 0.15) is 18.4 Å². The van der Waals surface area contributed by atoms with Crippen LogP contribution in [0.3, 0.4) is 0 Å². The van der Waals surface area contributed by atoms with E-state index in [2.05, 4.69) is 49.6 Å². The second-order valence-corrected chi connectivity index (χ2v) is 7.77. The molecule has 6 nitrogen and oxygen atoms in total. The fourth-order valence-corrected chi connectivity index (χ4v) is 4.05. The van der Waals surface area contributed by atoms with E-state index in [4.69, 9.17) is 4.52 Å². The zero-order valence-electron chi connectivity index (χ0n) is 16.8. The van der Waals surface area contributed by atoms with Crippen LogP contribution in [-0.2, 0) is 6.54 Å². The molecule has 1 N–H and O–H groups in total. The number of hydrogen-bond donors (Lipinski definition) is 1. The van der Waals surface area contributed by atoms with E-state index in [0.717, 1.165) is 38.5 Å². The summed E-state index contributed by atoms with van der Waals surface area (Å²) < 4.78 is 32.8. The van der Waals surface area contributed by atoms with Crippen LogP contribution in [0.15, 0.2) is 59.4 Å². The van der Waals surface area contributed by atoms with Gasteiger partial charge in [0.2, 0.25) is 0 Å². The maximum atomic E-state index is 13.7. The van der Waals surface area contributed by atoms with Crippen molar-refractivity contribution in [2.45, 2.75) is 25.4 Å². The molecule has 0 amide bonds. The van der Waals surface area contributed by atoms with Gasteiger partial charge in [-0.1, -0.05) is 35.5 Å². The molecule has 0 unspecified atom stereocenters. The molecule has 1 aliphatic rings. The average Bonchev–Trinajstić information content (AvgIpc) is 3.21. The third kappa shape index (κ3) is 4.25. The minimum absolute atomic E-state index is 0.220. The lowest BCUT2D eigenvalue weighted by Gasteiger charge is -2.32. The number of likely N-dealkylation sites (tertiary alicyclic amines) is 1. The highest BCUT2D eigenvalue weighted by molar-refractivity contribution is 5.97. The Morgan fingerprint density at radius 1 is 1.00 bits per heavy atom. The standard InChI is InChI=1S/C23H21F2N5O/c24-17-10-16(11-18(25)12-17)21-20-22(26-14-27-23(20)31-29-21)28-19-6-8-30(9-7-19)13-15-4-2-1-3-5-15/h1-5,10-12,14,19H,6-9,13H2,(H,26,27,28). The third-order valence-electron chi connectivity index (χ3n) is 5.59. The SMILES string of the molecule is Fc1cc(F)cc(-c2noc3ncnc(NC4CCN(Cc5ccccc5)CC4)c23)c1. The third-order valence-corrected chi connectivity index (χ3v) is 5.59. The molecule has 0 spiro atoms. The molecule has 0 aliphatic carbocycles. The zero-order valence-corrected chi connectivity index (χ0v) is 16.8. The lowest BCUT2D eigenvalue weighted by atomic mass is 10.0. The van der Waals surface area contributed by atoms with Crippen LogP contribution in [0.2, 0.25) is 0 Å². The normalized spacial score (nSPS) is 15.4. The van der Waals surface area contributed by atoms with E-state index in [-0.39, 0.29) is 17.3 Å². The fourth-order valence-electron chi connectivity index (χ4n) is 4.05. The first kappa shape index (κ1) is 19.6. The highest BCUT2D eigenvalue weighted by Gasteiger charge is 2.23. The second kappa shape index (κ2) is 8.39. The van der Waals surface area contributed by atoms with E-state index in [1.807, 2.05) is 6.07 Å². The van der Waals surface area contributed by atoms with Gasteiger partial charge in [0.15, 0.2) is 0 Å². The summed E-state index contributed by atoms with van der Waals surface area (Å²) in [4.78, 5) is 10.9. The Labute approximate surface area is 177 Å². The van der Waals surface area contributed by atoms with Gasteiger partial charge in [0, 0.05) is 37.3 Å². The molecule has 31 heavy (non-hydrogen) atoms. The molecule has 3 heterocycles. The maximum absolute atomic E-state index is 13.7. The molecule has 1 saturated heterocycles. The van der Waals surface area contributed by atoms with Gasteiger partial charge in [-0.15, -0.1) is 0 Å². The first-order valence-electron chi connectivity index (χ1n) is 10.3. The van der Waals surface area contributed by atoms with Crippen molar-refractivity contribution in [2.75, 3.05) is 18.4 Å². The Bertz CT molecular complexity index is 1170. The van der Waals surface area contributed by atoms with Gasteiger partial charge in [0.05, 0.1) is 0 Å². The van der Waals surface area contributed by atoms with Gasteiger partial charge in [-0.05, 0) is 30.5 Å². The van der Waals surface area contributed by atoms with E-state index in [9.17, 15) is 8.78 Å². The quantitative estimate of drug-likeness (QED) is 0.506. The maximum Gasteiger partial charge on any atom is 0.263 e. The van der Waals surface area contributed by atoms with E-state index in [1.165, 1.54) is 24.0 Å². The topological polar surface area (TPSA) is 67.1 Å². The fraction of sp³-hybridized carbons (Fsp3) is 0.261. The summed E-state index contributed by atoms with van der Waals surface area (Å²) in [5.41, 5.74) is 2.19. The van der Waals surface area contributed by atoms with Crippen molar-refractivity contribution in [3.63, 3.8) is 0 Å². The molecular weight excluding hydrogens is 400 g/mol. The summed E-state index contributed by atoms with van der Waals surface area (Å²) in [6.45, 7) is 2.87. The smallest absolute Gasteiger partial charge is 0.263 e. The zero-order chi connectivity index (χ0) is 21.2. The highest BCUT2D eigenvalue weighted by Crippen LogP contribution is 2.33. The molecule has 8 heteroatoms. The largest absolute Gasteiger partial charge is 0.366 e. The Morgan fingerprint density at radius 3 is 2.48 bits per heavy atom. The number of rotatable bonds is 5. The molecular formula is C23H21F2N5O. The van der Waals surface area contributed by atoms with Gasteiger partial charge in [-0.2, -0.15) is 4.98 Å². The monoisotopic (exact) mass is 421 g/mol. The number of nitrogens with one attached hydrogen (secondary N) is 1. The molecule has 0 atom stereocenters. The molecule has 0 saturated carbocycles. The van der Waals surface area contributed by atoms with Crippen molar-refractivity contribution in [1.82, 2.24) is 20.0 Å². The van der Waals surface area contributed by atoms with Crippen LogP contribution in [0.5, 0.6) is 0 Å². The molecule has 0 bridgehead atoms. The van der Waals surface area contributed by atoms with Gasteiger partial charge in [0.25, 0.3) is 5.71 Å². The minimum atomic E-state index is -0.678. The number of benzene rings is 2. The van der Waals surface area contributed by atoms with Crippen LogP contribution in [0.4, 0.5) is 14.6 Å². The lowest BCUT2D eigenvalue weighted by Crippen LogP contribution is -2.38. The number of piperidine rings is 1. The first-order valence-corrected chi connectivity index (χ1v) is 10.3. The summed E-state index contributed by atoms with van der Waals surface area (Å²) >= 11 is 0. The molecule has 1 aliphatic heterocycles.